The molecule has 2 aromatic rings. The Balaban J connectivity index is 2.07. The van der Waals surface area contributed by atoms with E-state index in [9.17, 15) is 19.7 Å². The molecule has 0 unspecified atom stereocenters. The van der Waals surface area contributed by atoms with E-state index in [1.54, 1.807) is 31.2 Å². The molecule has 7 heteroatoms. The summed E-state index contributed by atoms with van der Waals surface area (Å²) in [6, 6.07) is 10.5. The average Bonchev–Trinajstić information content (AvgIpc) is 2.59. The summed E-state index contributed by atoms with van der Waals surface area (Å²) in [6.07, 6.45) is 0.745. The number of rotatable bonds is 6. The largest absolute Gasteiger partial charge is 0.462 e. The van der Waals surface area contributed by atoms with Gasteiger partial charge in [0.2, 0.25) is 0 Å². The summed E-state index contributed by atoms with van der Waals surface area (Å²) in [7, 11) is 0. The molecule has 130 valence electrons. The summed E-state index contributed by atoms with van der Waals surface area (Å²) in [5.74, 6) is -0.801. The molecule has 0 aliphatic rings. The van der Waals surface area contributed by atoms with Gasteiger partial charge in [-0.2, -0.15) is 0 Å². The number of esters is 1. The highest BCUT2D eigenvalue weighted by Crippen LogP contribution is 2.20. The second-order valence-corrected chi connectivity index (χ2v) is 5.43. The van der Waals surface area contributed by atoms with Crippen molar-refractivity contribution >= 4 is 23.3 Å². The van der Waals surface area contributed by atoms with E-state index in [4.69, 9.17) is 4.74 Å². The number of aryl methyl sites for hydroxylation is 1. The maximum Gasteiger partial charge on any atom is 0.338 e. The fourth-order valence-electron chi connectivity index (χ4n) is 2.17. The zero-order chi connectivity index (χ0) is 18.4. The Kier molecular flexibility index (Phi) is 5.84. The number of carbonyl (C=O) groups excluding carboxylic acids is 2. The maximum absolute atomic E-state index is 12.2. The third-order valence-electron chi connectivity index (χ3n) is 3.47. The molecule has 0 fully saturated rings. The number of nitrogens with one attached hydrogen (secondary N) is 1. The van der Waals surface area contributed by atoms with Gasteiger partial charge >= 0.3 is 5.97 Å². The summed E-state index contributed by atoms with van der Waals surface area (Å²) >= 11 is 0. The minimum atomic E-state index is -0.493. The Morgan fingerprint density at radius 2 is 1.76 bits per heavy atom. The third kappa shape index (κ3) is 4.63. The molecule has 0 bridgehead atoms. The second kappa shape index (κ2) is 8.05. The first-order valence-corrected chi connectivity index (χ1v) is 7.76. The van der Waals surface area contributed by atoms with Gasteiger partial charge in [0.15, 0.2) is 0 Å². The van der Waals surface area contributed by atoms with Gasteiger partial charge in [0.25, 0.3) is 11.6 Å². The van der Waals surface area contributed by atoms with E-state index in [-0.39, 0.29) is 11.6 Å². The summed E-state index contributed by atoms with van der Waals surface area (Å²) < 4.78 is 5.03. The quantitative estimate of drug-likeness (QED) is 0.490. The molecule has 0 aromatic heterocycles. The Morgan fingerprint density at radius 3 is 2.32 bits per heavy atom. The smallest absolute Gasteiger partial charge is 0.338 e. The highest BCUT2D eigenvalue weighted by molar-refractivity contribution is 6.04. The molecule has 0 heterocycles. The Bertz CT molecular complexity index is 800. The number of ether oxygens (including phenoxy) is 1. The van der Waals surface area contributed by atoms with E-state index in [0.29, 0.717) is 29.0 Å². The molecule has 2 rings (SSSR count). The lowest BCUT2D eigenvalue weighted by Gasteiger charge is -2.07. The number of nitro groups is 1. The van der Waals surface area contributed by atoms with Gasteiger partial charge in [-0.25, -0.2) is 4.79 Å². The van der Waals surface area contributed by atoms with Crippen LogP contribution in [0.2, 0.25) is 0 Å². The summed E-state index contributed by atoms with van der Waals surface area (Å²) in [5.41, 5.74) is 1.60. The number of hydrogen-bond acceptors (Lipinski definition) is 5. The molecule has 7 nitrogen and oxygen atoms in total. The maximum atomic E-state index is 12.2. The zero-order valence-corrected chi connectivity index (χ0v) is 13.9. The molecular weight excluding hydrogens is 324 g/mol. The number of benzene rings is 2. The Hall–Kier alpha value is -3.22. The predicted octanol–water partition coefficient (Wildman–Crippen LogP) is 3.72. The van der Waals surface area contributed by atoms with E-state index in [2.05, 4.69) is 5.32 Å². The van der Waals surface area contributed by atoms with Crippen molar-refractivity contribution in [2.45, 2.75) is 20.3 Å². The second-order valence-electron chi connectivity index (χ2n) is 5.43. The van der Waals surface area contributed by atoms with Crippen LogP contribution >= 0.6 is 0 Å². The lowest BCUT2D eigenvalue weighted by atomic mass is 10.1. The molecule has 0 radical (unpaired) electrons. The van der Waals surface area contributed by atoms with Crippen molar-refractivity contribution in [3.05, 3.63) is 69.3 Å². The predicted molar refractivity (Wildman–Crippen MR) is 92.8 cm³/mol. The minimum Gasteiger partial charge on any atom is -0.462 e. The molecule has 0 aliphatic heterocycles. The zero-order valence-electron chi connectivity index (χ0n) is 13.9. The van der Waals surface area contributed by atoms with Crippen molar-refractivity contribution < 1.29 is 19.2 Å². The van der Waals surface area contributed by atoms with Gasteiger partial charge in [0, 0.05) is 22.9 Å². The van der Waals surface area contributed by atoms with Crippen LogP contribution < -0.4 is 5.32 Å². The number of nitrogens with zero attached hydrogens (tertiary/aromatic N) is 1. The van der Waals surface area contributed by atoms with Crippen molar-refractivity contribution in [2.75, 3.05) is 11.9 Å². The van der Waals surface area contributed by atoms with Crippen LogP contribution in [0.15, 0.2) is 42.5 Å². The van der Waals surface area contributed by atoms with Crippen LogP contribution in [0.1, 0.15) is 39.6 Å². The number of carbonyl (C=O) groups is 2. The molecule has 0 saturated carbocycles. The molecule has 0 saturated heterocycles. The van der Waals surface area contributed by atoms with Crippen molar-refractivity contribution in [3.8, 4) is 0 Å². The lowest BCUT2D eigenvalue weighted by Crippen LogP contribution is -2.12. The highest BCUT2D eigenvalue weighted by Gasteiger charge is 2.14. The van der Waals surface area contributed by atoms with Crippen LogP contribution in [-0.2, 0) is 4.74 Å². The molecule has 25 heavy (non-hydrogen) atoms. The van der Waals surface area contributed by atoms with E-state index in [1.165, 1.54) is 18.2 Å². The average molecular weight is 342 g/mol. The summed E-state index contributed by atoms with van der Waals surface area (Å²) in [4.78, 5) is 34.3. The Labute approximate surface area is 144 Å². The van der Waals surface area contributed by atoms with Crippen LogP contribution in [0.4, 0.5) is 11.4 Å². The fraction of sp³-hybridized carbons (Fsp3) is 0.222. The molecule has 0 aliphatic carbocycles. The molecule has 1 amide bonds. The summed E-state index contributed by atoms with van der Waals surface area (Å²) in [6.45, 7) is 3.84. The van der Waals surface area contributed by atoms with Crippen LogP contribution in [0.25, 0.3) is 0 Å². The first-order valence-electron chi connectivity index (χ1n) is 7.76. The van der Waals surface area contributed by atoms with Gasteiger partial charge in [-0.3, -0.25) is 14.9 Å². The Morgan fingerprint density at radius 1 is 1.12 bits per heavy atom. The van der Waals surface area contributed by atoms with Crippen LogP contribution in [0, 0.1) is 17.0 Å². The first-order chi connectivity index (χ1) is 11.9. The molecule has 2 aromatic carbocycles. The first kappa shape index (κ1) is 18.1. The number of amides is 1. The van der Waals surface area contributed by atoms with Crippen molar-refractivity contribution in [3.63, 3.8) is 0 Å². The highest BCUT2D eigenvalue weighted by atomic mass is 16.6. The van der Waals surface area contributed by atoms with Gasteiger partial charge < -0.3 is 10.1 Å². The number of anilines is 1. The van der Waals surface area contributed by atoms with Gasteiger partial charge in [0.05, 0.1) is 17.1 Å². The van der Waals surface area contributed by atoms with Crippen LogP contribution in [0.5, 0.6) is 0 Å². The molecule has 0 atom stereocenters. The van der Waals surface area contributed by atoms with E-state index in [1.807, 2.05) is 6.92 Å². The van der Waals surface area contributed by atoms with E-state index < -0.39 is 10.9 Å². The van der Waals surface area contributed by atoms with Gasteiger partial charge in [-0.05, 0) is 49.7 Å². The monoisotopic (exact) mass is 342 g/mol. The minimum absolute atomic E-state index is 0.0357. The number of hydrogen-bond donors (Lipinski definition) is 1. The van der Waals surface area contributed by atoms with E-state index in [0.717, 1.165) is 6.42 Å². The fourth-order valence-corrected chi connectivity index (χ4v) is 2.17. The van der Waals surface area contributed by atoms with Crippen LogP contribution in [0.3, 0.4) is 0 Å². The van der Waals surface area contributed by atoms with Crippen molar-refractivity contribution in [1.82, 2.24) is 0 Å². The van der Waals surface area contributed by atoms with Crippen LogP contribution in [-0.4, -0.2) is 23.4 Å². The van der Waals surface area contributed by atoms with Gasteiger partial charge in [0.1, 0.15) is 0 Å². The number of nitro benzene ring substituents is 1. The molecular formula is C18H18N2O5. The van der Waals surface area contributed by atoms with E-state index >= 15 is 0 Å². The van der Waals surface area contributed by atoms with Gasteiger partial charge in [-0.1, -0.05) is 6.92 Å². The molecule has 1 N–H and O–H groups in total. The molecule has 0 spiro atoms. The van der Waals surface area contributed by atoms with Crippen molar-refractivity contribution in [2.24, 2.45) is 0 Å². The van der Waals surface area contributed by atoms with Gasteiger partial charge in [-0.15, -0.1) is 0 Å². The summed E-state index contributed by atoms with van der Waals surface area (Å²) in [5, 5.41) is 13.5. The SMILES string of the molecule is CCCOC(=O)c1ccc(NC(=O)c2ccc([N+](=O)[O-])c(C)c2)cc1. The standard InChI is InChI=1S/C18H18N2O5/c1-3-10-25-18(22)13-4-7-15(8-5-13)19-17(21)14-6-9-16(20(23)24)12(2)11-14/h4-9,11H,3,10H2,1-2H3,(H,19,21). The normalized spacial score (nSPS) is 10.2. The third-order valence-corrected chi connectivity index (χ3v) is 3.47. The lowest BCUT2D eigenvalue weighted by molar-refractivity contribution is -0.385. The van der Waals surface area contributed by atoms with Crippen molar-refractivity contribution in [1.29, 1.82) is 0 Å². The topological polar surface area (TPSA) is 98.5 Å².